The van der Waals surface area contributed by atoms with Gasteiger partial charge in [-0.3, -0.25) is 0 Å². The maximum Gasteiger partial charge on any atom is 0.167 e. The quantitative estimate of drug-likeness (QED) is 0.789. The van der Waals surface area contributed by atoms with Gasteiger partial charge in [-0.2, -0.15) is 0 Å². The Morgan fingerprint density at radius 3 is 3.06 bits per heavy atom. The zero-order valence-electron chi connectivity index (χ0n) is 9.83. The van der Waals surface area contributed by atoms with E-state index in [4.69, 9.17) is 15.2 Å². The van der Waals surface area contributed by atoms with E-state index in [-0.39, 0.29) is 5.75 Å². The second kappa shape index (κ2) is 5.23. The maximum atomic E-state index is 13.3. The van der Waals surface area contributed by atoms with Crippen LogP contribution in [0.3, 0.4) is 0 Å². The number of anilines is 2. The SMILES string of the molecule is COc1cc(NCC2CCOC2)c(N)cc1F. The summed E-state index contributed by atoms with van der Waals surface area (Å²) < 4.78 is 23.5. The molecule has 0 bridgehead atoms. The highest BCUT2D eigenvalue weighted by atomic mass is 19.1. The van der Waals surface area contributed by atoms with Crippen molar-refractivity contribution in [3.8, 4) is 5.75 Å². The normalized spacial score (nSPS) is 19.3. The van der Waals surface area contributed by atoms with Crippen LogP contribution in [0.15, 0.2) is 12.1 Å². The molecular formula is C12H17FN2O2. The van der Waals surface area contributed by atoms with Gasteiger partial charge in [0.15, 0.2) is 11.6 Å². The summed E-state index contributed by atoms with van der Waals surface area (Å²) in [4.78, 5) is 0. The zero-order chi connectivity index (χ0) is 12.3. The minimum atomic E-state index is -0.445. The molecule has 4 nitrogen and oxygen atoms in total. The van der Waals surface area contributed by atoms with Crippen LogP contribution in [-0.2, 0) is 4.74 Å². The predicted octanol–water partition coefficient (Wildman–Crippen LogP) is 1.86. The molecular weight excluding hydrogens is 223 g/mol. The molecule has 1 aliphatic rings. The molecule has 1 atom stereocenters. The Balaban J connectivity index is 2.03. The van der Waals surface area contributed by atoms with E-state index >= 15 is 0 Å². The zero-order valence-corrected chi connectivity index (χ0v) is 9.83. The number of nitrogens with two attached hydrogens (primary N) is 1. The van der Waals surface area contributed by atoms with E-state index in [9.17, 15) is 4.39 Å². The molecule has 1 fully saturated rings. The fourth-order valence-electron chi connectivity index (χ4n) is 1.88. The molecule has 3 N–H and O–H groups in total. The van der Waals surface area contributed by atoms with Crippen molar-refractivity contribution in [3.05, 3.63) is 17.9 Å². The smallest absolute Gasteiger partial charge is 0.167 e. The molecule has 1 aromatic rings. The number of ether oxygens (including phenoxy) is 2. The van der Waals surface area contributed by atoms with Crippen LogP contribution in [0.2, 0.25) is 0 Å². The molecule has 0 amide bonds. The lowest BCUT2D eigenvalue weighted by molar-refractivity contribution is 0.187. The van der Waals surface area contributed by atoms with Crippen molar-refractivity contribution in [2.75, 3.05) is 37.9 Å². The summed E-state index contributed by atoms with van der Waals surface area (Å²) in [5.74, 6) is 0.245. The third kappa shape index (κ3) is 2.79. The third-order valence-corrected chi connectivity index (χ3v) is 2.93. The van der Waals surface area contributed by atoms with Crippen molar-refractivity contribution in [1.82, 2.24) is 0 Å². The van der Waals surface area contributed by atoms with E-state index in [1.165, 1.54) is 13.2 Å². The fraction of sp³-hybridized carbons (Fsp3) is 0.500. The van der Waals surface area contributed by atoms with Gasteiger partial charge in [0.1, 0.15) is 0 Å². The maximum absolute atomic E-state index is 13.3. The average molecular weight is 240 g/mol. The number of nitrogens with one attached hydrogen (secondary N) is 1. The van der Waals surface area contributed by atoms with Crippen LogP contribution in [0.4, 0.5) is 15.8 Å². The van der Waals surface area contributed by atoms with Gasteiger partial charge in [-0.05, 0) is 6.42 Å². The summed E-state index contributed by atoms with van der Waals surface area (Å²) >= 11 is 0. The van der Waals surface area contributed by atoms with E-state index in [0.29, 0.717) is 17.3 Å². The summed E-state index contributed by atoms with van der Waals surface area (Å²) in [7, 11) is 1.43. The Morgan fingerprint density at radius 2 is 2.41 bits per heavy atom. The fourth-order valence-corrected chi connectivity index (χ4v) is 1.88. The molecule has 1 saturated heterocycles. The van der Waals surface area contributed by atoms with Gasteiger partial charge in [0, 0.05) is 31.2 Å². The van der Waals surface area contributed by atoms with Gasteiger partial charge in [-0.1, -0.05) is 0 Å². The van der Waals surface area contributed by atoms with Gasteiger partial charge in [-0.25, -0.2) is 4.39 Å². The van der Waals surface area contributed by atoms with Crippen molar-refractivity contribution in [2.45, 2.75) is 6.42 Å². The molecule has 1 heterocycles. The standard InChI is InChI=1S/C12H17FN2O2/c1-16-12-5-11(10(14)4-9(12)13)15-6-8-2-3-17-7-8/h4-5,8,15H,2-3,6-7,14H2,1H3. The van der Waals surface area contributed by atoms with Crippen LogP contribution in [0.25, 0.3) is 0 Å². The van der Waals surface area contributed by atoms with E-state index in [1.807, 2.05) is 0 Å². The van der Waals surface area contributed by atoms with E-state index < -0.39 is 5.82 Å². The number of nitrogen functional groups attached to an aromatic ring is 1. The molecule has 94 valence electrons. The minimum Gasteiger partial charge on any atom is -0.494 e. The Kier molecular flexibility index (Phi) is 3.68. The lowest BCUT2D eigenvalue weighted by atomic mass is 10.1. The molecule has 0 aromatic heterocycles. The van der Waals surface area contributed by atoms with E-state index in [0.717, 1.165) is 26.2 Å². The molecule has 17 heavy (non-hydrogen) atoms. The van der Waals surface area contributed by atoms with Crippen molar-refractivity contribution in [1.29, 1.82) is 0 Å². The predicted molar refractivity (Wildman–Crippen MR) is 64.8 cm³/mol. The molecule has 1 aromatic carbocycles. The topological polar surface area (TPSA) is 56.5 Å². The average Bonchev–Trinajstić information content (AvgIpc) is 2.81. The Labute approximate surface area is 99.9 Å². The molecule has 1 aliphatic heterocycles. The van der Waals surface area contributed by atoms with Crippen LogP contribution >= 0.6 is 0 Å². The van der Waals surface area contributed by atoms with Crippen molar-refractivity contribution in [2.24, 2.45) is 5.92 Å². The minimum absolute atomic E-state index is 0.198. The van der Waals surface area contributed by atoms with Gasteiger partial charge >= 0.3 is 0 Å². The molecule has 1 unspecified atom stereocenters. The molecule has 0 saturated carbocycles. The Bertz CT molecular complexity index is 392. The summed E-state index contributed by atoms with van der Waals surface area (Å²) in [6.45, 7) is 2.36. The van der Waals surface area contributed by atoms with Gasteiger partial charge in [-0.15, -0.1) is 0 Å². The molecule has 5 heteroatoms. The van der Waals surface area contributed by atoms with Crippen molar-refractivity contribution >= 4 is 11.4 Å². The molecule has 0 radical (unpaired) electrons. The number of methoxy groups -OCH3 is 1. The van der Waals surface area contributed by atoms with Crippen molar-refractivity contribution in [3.63, 3.8) is 0 Å². The van der Waals surface area contributed by atoms with Crippen LogP contribution in [0, 0.1) is 11.7 Å². The van der Waals surface area contributed by atoms with Crippen LogP contribution in [-0.4, -0.2) is 26.9 Å². The van der Waals surface area contributed by atoms with Crippen LogP contribution < -0.4 is 15.8 Å². The number of benzene rings is 1. The highest BCUT2D eigenvalue weighted by molar-refractivity contribution is 5.68. The monoisotopic (exact) mass is 240 g/mol. The molecule has 0 aliphatic carbocycles. The Morgan fingerprint density at radius 1 is 1.59 bits per heavy atom. The largest absolute Gasteiger partial charge is 0.494 e. The van der Waals surface area contributed by atoms with E-state index in [1.54, 1.807) is 6.07 Å². The van der Waals surface area contributed by atoms with Gasteiger partial charge in [0.2, 0.25) is 0 Å². The van der Waals surface area contributed by atoms with Gasteiger partial charge < -0.3 is 20.5 Å². The summed E-state index contributed by atoms with van der Waals surface area (Å²) in [6, 6.07) is 2.85. The summed E-state index contributed by atoms with van der Waals surface area (Å²) in [5, 5.41) is 3.21. The van der Waals surface area contributed by atoms with Crippen molar-refractivity contribution < 1.29 is 13.9 Å². The second-order valence-corrected chi connectivity index (χ2v) is 4.18. The first-order valence-electron chi connectivity index (χ1n) is 5.65. The van der Waals surface area contributed by atoms with Gasteiger partial charge in [0.05, 0.1) is 25.1 Å². The highest BCUT2D eigenvalue weighted by Crippen LogP contribution is 2.28. The summed E-state index contributed by atoms with van der Waals surface area (Å²) in [6.07, 6.45) is 1.05. The molecule has 0 spiro atoms. The van der Waals surface area contributed by atoms with Crippen LogP contribution in [0.1, 0.15) is 6.42 Å². The lowest BCUT2D eigenvalue weighted by Gasteiger charge is -2.14. The highest BCUT2D eigenvalue weighted by Gasteiger charge is 2.16. The lowest BCUT2D eigenvalue weighted by Crippen LogP contribution is -2.15. The number of halogens is 1. The first kappa shape index (κ1) is 12.0. The second-order valence-electron chi connectivity index (χ2n) is 4.18. The number of hydrogen-bond donors (Lipinski definition) is 2. The van der Waals surface area contributed by atoms with E-state index in [2.05, 4.69) is 5.32 Å². The Hall–Kier alpha value is -1.49. The summed E-state index contributed by atoms with van der Waals surface area (Å²) in [5.41, 5.74) is 6.84. The first-order chi connectivity index (χ1) is 8.20. The first-order valence-corrected chi connectivity index (χ1v) is 5.65. The number of rotatable bonds is 4. The number of hydrogen-bond acceptors (Lipinski definition) is 4. The van der Waals surface area contributed by atoms with Crippen LogP contribution in [0.5, 0.6) is 5.75 Å². The third-order valence-electron chi connectivity index (χ3n) is 2.93. The van der Waals surface area contributed by atoms with Gasteiger partial charge in [0.25, 0.3) is 0 Å². The molecule has 2 rings (SSSR count).